The Morgan fingerprint density at radius 3 is 0.958 bits per heavy atom. The second kappa shape index (κ2) is 32.6. The molecule has 498 valence electrons. The van der Waals surface area contributed by atoms with E-state index in [1.807, 2.05) is 0 Å². The van der Waals surface area contributed by atoms with Gasteiger partial charge in [0.05, 0.1) is 45.6 Å². The molecular weight excluding hydrogens is 1250 g/mol. The van der Waals surface area contributed by atoms with Crippen molar-refractivity contribution < 1.29 is 115 Å². The first kappa shape index (κ1) is 68.4. The monoisotopic (exact) mass is 1310 g/mol. The molecule has 3 aliphatic rings. The van der Waals surface area contributed by atoms with Crippen molar-refractivity contribution >= 4 is 53.7 Å². The molecule has 10 rings (SSSR count). The van der Waals surface area contributed by atoms with Gasteiger partial charge in [-0.25, -0.2) is 33.6 Å². The Morgan fingerprint density at radius 1 is 0.312 bits per heavy atom. The van der Waals surface area contributed by atoms with Crippen molar-refractivity contribution in [1.82, 2.24) is 0 Å². The highest BCUT2D eigenvalue weighted by atomic mass is 16.8. The largest absolute Gasteiger partial charge is 0.459 e. The van der Waals surface area contributed by atoms with Crippen LogP contribution in [0.5, 0.6) is 0 Å². The summed E-state index contributed by atoms with van der Waals surface area (Å²) in [6.45, 7) is 1.37. The molecule has 7 aromatic rings. The van der Waals surface area contributed by atoms with Crippen LogP contribution in [0, 0.1) is 5.92 Å². The first-order valence-electron chi connectivity index (χ1n) is 30.5. The number of aliphatic hydroxyl groups excluding tert-OH is 1. The summed E-state index contributed by atoms with van der Waals surface area (Å²) in [5, 5.41) is 12.1. The quantitative estimate of drug-likeness (QED) is 0.0470. The van der Waals surface area contributed by atoms with Crippen LogP contribution in [0.2, 0.25) is 0 Å². The minimum absolute atomic E-state index is 0.00448. The van der Waals surface area contributed by atoms with Crippen LogP contribution < -0.4 is 0 Å². The maximum atomic E-state index is 14.5. The molecule has 3 heterocycles. The summed E-state index contributed by atoms with van der Waals surface area (Å²) in [6.07, 6.45) is -25.5. The third-order valence-electron chi connectivity index (χ3n) is 15.5. The van der Waals surface area contributed by atoms with Crippen LogP contribution in [0.4, 0.5) is 0 Å². The number of aliphatic hydroxyl groups is 1. The first-order chi connectivity index (χ1) is 46.5. The van der Waals surface area contributed by atoms with Crippen molar-refractivity contribution in [2.45, 2.75) is 107 Å². The van der Waals surface area contributed by atoms with Crippen molar-refractivity contribution in [2.75, 3.05) is 19.8 Å². The summed E-state index contributed by atoms with van der Waals surface area (Å²) in [4.78, 5) is 125. The molecule has 0 bridgehead atoms. The van der Waals surface area contributed by atoms with Gasteiger partial charge < -0.3 is 71.4 Å². The molecule has 3 fully saturated rings. The van der Waals surface area contributed by atoms with Gasteiger partial charge in [0.15, 0.2) is 55.5 Å². The van der Waals surface area contributed by atoms with Crippen LogP contribution in [0.3, 0.4) is 0 Å². The van der Waals surface area contributed by atoms with Crippen LogP contribution >= 0.6 is 0 Å². The van der Waals surface area contributed by atoms with Gasteiger partial charge in [0.2, 0.25) is 0 Å². The highest BCUT2D eigenvalue weighted by molar-refractivity contribution is 5.93. The number of ether oxygens (including phenoxy) is 14. The molecule has 3 saturated heterocycles. The third kappa shape index (κ3) is 17.5. The average molecular weight is 1320 g/mol. The molecule has 14 unspecified atom stereocenters. The number of hydrogen-bond acceptors (Lipinski definition) is 24. The maximum Gasteiger partial charge on any atom is 0.338 e. The molecule has 24 nitrogen and oxygen atoms in total. The fourth-order valence-corrected chi connectivity index (χ4v) is 10.8. The van der Waals surface area contributed by atoms with Crippen LogP contribution in [0.25, 0.3) is 0 Å². The topological polar surface area (TPSA) is 303 Å². The van der Waals surface area contributed by atoms with Crippen LogP contribution in [-0.4, -0.2) is 165 Å². The van der Waals surface area contributed by atoms with Gasteiger partial charge in [-0.3, -0.25) is 9.59 Å². The molecule has 0 saturated carbocycles. The molecule has 0 spiro atoms. The molecule has 15 atom stereocenters. The SMILES string of the molecule is CC(=O)OC1C(O)OC(COC2OC(COC(=O)c3ccccc3)C(OC(=O)c3ccccc3)C(OC(=O)c3ccccc3)C2C)[C@@H](OC(C)=O)C1OC1OC(COC(=O)c2ccccc2)C(OC(=O)c2ccccc2)C(OC(=O)c2ccccc2)C1OC(=O)c1ccccc1. The van der Waals surface area contributed by atoms with Gasteiger partial charge in [0.1, 0.15) is 43.7 Å². The van der Waals surface area contributed by atoms with Crippen molar-refractivity contribution in [2.24, 2.45) is 5.92 Å². The summed E-state index contributed by atoms with van der Waals surface area (Å²) in [5.74, 6) is -9.69. The van der Waals surface area contributed by atoms with E-state index in [2.05, 4.69) is 0 Å². The minimum atomic E-state index is -2.21. The molecule has 3 aliphatic heterocycles. The fourth-order valence-electron chi connectivity index (χ4n) is 10.8. The summed E-state index contributed by atoms with van der Waals surface area (Å²) in [5.41, 5.74) is 0.386. The summed E-state index contributed by atoms with van der Waals surface area (Å²) >= 11 is 0. The molecule has 0 aliphatic carbocycles. The number of esters is 9. The normalized spacial score (nSPS) is 25.2. The van der Waals surface area contributed by atoms with E-state index in [4.69, 9.17) is 66.3 Å². The minimum Gasteiger partial charge on any atom is -0.459 e. The van der Waals surface area contributed by atoms with E-state index in [1.165, 1.54) is 97.1 Å². The summed E-state index contributed by atoms with van der Waals surface area (Å²) in [6, 6.07) is 54.2. The zero-order valence-corrected chi connectivity index (χ0v) is 51.8. The molecule has 96 heavy (non-hydrogen) atoms. The van der Waals surface area contributed by atoms with E-state index in [0.717, 1.165) is 13.8 Å². The zero-order chi connectivity index (χ0) is 67.7. The second-order valence-electron chi connectivity index (χ2n) is 22.2. The van der Waals surface area contributed by atoms with Gasteiger partial charge in [-0.05, 0) is 84.9 Å². The van der Waals surface area contributed by atoms with Gasteiger partial charge >= 0.3 is 53.7 Å². The standard InChI is InChI=1S/C72H66O24/c1-42-55(91-65(77)47-29-15-6-16-30-47)56(92-66(78)48-31-17-7-18-32-48)53(39-83-63(75)45-25-11-4-12-26-45)89-71(42)85-41-52-57(86-43(2)73)59(61(70(82)88-52)87-44(3)74)96-72-62(95-69(81)51-37-23-10-24-38-51)60(94-68(80)50-35-21-9-22-36-50)58(93-67(79)49-33-19-8-20-34-49)54(90-72)40-84-64(76)46-27-13-5-14-28-46/h4-38,42,52-62,70-72,82H,39-41H2,1-3H3/t42?,52?,53?,54?,55?,56?,57-,58?,59?,60?,61?,62?,70?,71?,72?/m1/s1. The lowest BCUT2D eigenvalue weighted by molar-refractivity contribution is -0.359. The Labute approximate surface area is 550 Å². The number of rotatable bonds is 23. The molecule has 0 radical (unpaired) electrons. The highest BCUT2D eigenvalue weighted by Gasteiger charge is 2.59. The Hall–Kier alpha value is -10.5. The Bertz CT molecular complexity index is 3770. The van der Waals surface area contributed by atoms with E-state index in [-0.39, 0.29) is 38.9 Å². The molecule has 7 aromatic carbocycles. The lowest BCUT2D eigenvalue weighted by Gasteiger charge is -2.48. The van der Waals surface area contributed by atoms with Crippen LogP contribution in [0.15, 0.2) is 212 Å². The van der Waals surface area contributed by atoms with Gasteiger partial charge in [-0.2, -0.15) is 0 Å². The third-order valence-corrected chi connectivity index (χ3v) is 15.5. The highest BCUT2D eigenvalue weighted by Crippen LogP contribution is 2.38. The van der Waals surface area contributed by atoms with E-state index in [1.54, 1.807) is 122 Å². The molecule has 0 amide bonds. The summed E-state index contributed by atoms with van der Waals surface area (Å²) < 4.78 is 86.8. The maximum absolute atomic E-state index is 14.5. The van der Waals surface area contributed by atoms with Gasteiger partial charge in [-0.15, -0.1) is 0 Å². The van der Waals surface area contributed by atoms with Crippen molar-refractivity contribution in [3.8, 4) is 0 Å². The first-order valence-corrected chi connectivity index (χ1v) is 30.5. The molecular formula is C72H66O24. The van der Waals surface area contributed by atoms with Crippen molar-refractivity contribution in [3.63, 3.8) is 0 Å². The van der Waals surface area contributed by atoms with E-state index in [0.29, 0.717) is 0 Å². The lowest BCUT2D eigenvalue weighted by Crippen LogP contribution is -2.67. The van der Waals surface area contributed by atoms with Crippen molar-refractivity contribution in [1.29, 1.82) is 0 Å². The second-order valence-corrected chi connectivity index (χ2v) is 22.2. The van der Waals surface area contributed by atoms with E-state index >= 15 is 0 Å². The smallest absolute Gasteiger partial charge is 0.338 e. The van der Waals surface area contributed by atoms with E-state index < -0.39 is 165 Å². The van der Waals surface area contributed by atoms with Crippen LogP contribution in [-0.2, 0) is 75.9 Å². The number of benzene rings is 7. The fraction of sp³-hybridized carbons (Fsp3) is 0.292. The van der Waals surface area contributed by atoms with Crippen molar-refractivity contribution in [3.05, 3.63) is 251 Å². The summed E-state index contributed by atoms with van der Waals surface area (Å²) in [7, 11) is 0. The Balaban J connectivity index is 1.03. The Morgan fingerprint density at radius 2 is 0.594 bits per heavy atom. The van der Waals surface area contributed by atoms with Crippen LogP contribution in [0.1, 0.15) is 93.3 Å². The van der Waals surface area contributed by atoms with Gasteiger partial charge in [0.25, 0.3) is 0 Å². The lowest BCUT2D eigenvalue weighted by atomic mass is 9.91. The molecule has 0 aromatic heterocycles. The van der Waals surface area contributed by atoms with E-state index in [9.17, 15) is 48.3 Å². The average Bonchev–Trinajstić information content (AvgIpc) is 0.767. The predicted molar refractivity (Wildman–Crippen MR) is 331 cm³/mol. The number of hydrogen-bond donors (Lipinski definition) is 1. The van der Waals surface area contributed by atoms with Gasteiger partial charge in [0, 0.05) is 19.8 Å². The number of carbonyl (C=O) groups excluding carboxylic acids is 9. The van der Waals surface area contributed by atoms with Gasteiger partial charge in [-0.1, -0.05) is 134 Å². The molecule has 1 N–H and O–H groups in total. The Kier molecular flexibility index (Phi) is 23.2. The number of carbonyl (C=O) groups is 9. The predicted octanol–water partition coefficient (Wildman–Crippen LogP) is 7.90. The molecule has 24 heteroatoms. The zero-order valence-electron chi connectivity index (χ0n) is 51.8.